The molecule has 0 radical (unpaired) electrons. The van der Waals surface area contributed by atoms with Gasteiger partial charge in [0.2, 0.25) is 5.95 Å². The Kier molecular flexibility index (Phi) is 6.98. The van der Waals surface area contributed by atoms with Crippen molar-refractivity contribution >= 4 is 64.2 Å². The highest BCUT2D eigenvalue weighted by Gasteiger charge is 2.49. The lowest BCUT2D eigenvalue weighted by atomic mass is 10.1. The first-order valence-electron chi connectivity index (χ1n) is 11.8. The normalized spacial score (nSPS) is 30.4. The Hall–Kier alpha value is -2.84. The van der Waals surface area contributed by atoms with Gasteiger partial charge in [0.25, 0.3) is 5.56 Å². The van der Waals surface area contributed by atoms with Crippen LogP contribution in [0.2, 0.25) is 0 Å². The van der Waals surface area contributed by atoms with Crippen molar-refractivity contribution in [2.24, 2.45) is 0 Å². The Morgan fingerprint density at radius 1 is 1.30 bits per heavy atom. The van der Waals surface area contributed by atoms with E-state index in [9.17, 15) is 19.9 Å². The number of nitrogens with two attached hydrogens (primary N) is 2. The van der Waals surface area contributed by atoms with Crippen LogP contribution in [-0.2, 0) is 21.1 Å². The van der Waals surface area contributed by atoms with E-state index in [2.05, 4.69) is 35.2 Å². The number of aliphatic hydroxyl groups excluding tert-OH is 2. The molecule has 8 N–H and O–H groups in total. The number of nitrogen functional groups attached to an aromatic ring is 2. The molecule has 0 saturated carbocycles. The first-order chi connectivity index (χ1) is 19.1. The third-order valence-corrected chi connectivity index (χ3v) is 11.5. The number of thioether (sulfide) groups is 1. The van der Waals surface area contributed by atoms with Gasteiger partial charge in [-0.25, -0.2) is 19.3 Å². The van der Waals surface area contributed by atoms with Gasteiger partial charge in [-0.05, 0) is 18.2 Å². The number of aliphatic hydroxyl groups is 2. The molecule has 4 aromatic rings. The van der Waals surface area contributed by atoms with Gasteiger partial charge in [-0.1, -0.05) is 5.21 Å². The van der Waals surface area contributed by atoms with Gasteiger partial charge in [-0.15, -0.1) is 16.9 Å². The van der Waals surface area contributed by atoms with Crippen molar-refractivity contribution in [3.8, 4) is 0 Å². The van der Waals surface area contributed by atoms with Crippen molar-refractivity contribution in [1.29, 1.82) is 0 Å². The number of anilines is 2. The van der Waals surface area contributed by atoms with Crippen LogP contribution in [0.5, 0.6) is 0 Å². The molecule has 2 fully saturated rings. The molecular weight excluding hydrogens is 592 g/mol. The molecule has 0 amide bonds. The van der Waals surface area contributed by atoms with E-state index in [0.717, 1.165) is 11.0 Å². The highest BCUT2D eigenvalue weighted by atomic mass is 32.5. The SMILES string of the molecule is Nc1nc2c(ncn2C2S[C@H](CO)C[C@H]2P(O)(=S)OC[C@H]2O[C@@H](n3nnc4c(N)ncnc43)[C@@H](F)[C@@H]2O)c(=O)[nH]1. The summed E-state index contributed by atoms with van der Waals surface area (Å²) in [5.41, 5.74) is 10.7. The van der Waals surface area contributed by atoms with Crippen molar-refractivity contribution < 1.29 is 28.8 Å². The highest BCUT2D eigenvalue weighted by Crippen LogP contribution is 2.62. The molecule has 2 unspecified atom stereocenters. The van der Waals surface area contributed by atoms with Gasteiger partial charge >= 0.3 is 0 Å². The number of alkyl halides is 1. The average molecular weight is 616 g/mol. The summed E-state index contributed by atoms with van der Waals surface area (Å²) in [6, 6.07) is 0. The Balaban J connectivity index is 1.22. The number of nitrogens with one attached hydrogen (secondary N) is 1. The van der Waals surface area contributed by atoms with Gasteiger partial charge in [0.05, 0.1) is 30.6 Å². The molecule has 0 aliphatic carbocycles. The Bertz CT molecular complexity index is 1690. The first-order valence-corrected chi connectivity index (χ1v) is 15.5. The number of ether oxygens (including phenoxy) is 1. The summed E-state index contributed by atoms with van der Waals surface area (Å²) in [4.78, 5) is 42.1. The molecule has 6 rings (SSSR count). The fourth-order valence-electron chi connectivity index (χ4n) is 4.79. The number of aromatic amines is 1. The van der Waals surface area contributed by atoms with Gasteiger partial charge in [0.15, 0.2) is 47.0 Å². The fraction of sp³-hybridized carbons (Fsp3) is 0.526. The number of aromatic nitrogens is 9. The molecule has 17 nitrogen and oxygen atoms in total. The lowest BCUT2D eigenvalue weighted by Gasteiger charge is -2.29. The minimum Gasteiger partial charge on any atom is -0.395 e. The van der Waals surface area contributed by atoms with Gasteiger partial charge < -0.3 is 40.4 Å². The molecule has 4 aromatic heterocycles. The lowest BCUT2D eigenvalue weighted by Crippen LogP contribution is -2.32. The molecule has 6 heterocycles. The summed E-state index contributed by atoms with van der Waals surface area (Å²) >= 11 is 6.84. The molecule has 2 saturated heterocycles. The number of H-pyrrole nitrogens is 1. The molecule has 2 aliphatic rings. The van der Waals surface area contributed by atoms with E-state index in [1.807, 2.05) is 0 Å². The van der Waals surface area contributed by atoms with E-state index < -0.39 is 54.3 Å². The summed E-state index contributed by atoms with van der Waals surface area (Å²) in [7, 11) is 0. The third kappa shape index (κ3) is 4.53. The minimum atomic E-state index is -3.69. The second-order valence-electron chi connectivity index (χ2n) is 9.23. The number of halogens is 1. The highest BCUT2D eigenvalue weighted by molar-refractivity contribution is 8.10. The molecule has 2 aliphatic heterocycles. The second-order valence-corrected chi connectivity index (χ2v) is 14.3. The Labute approximate surface area is 232 Å². The molecule has 0 aromatic carbocycles. The summed E-state index contributed by atoms with van der Waals surface area (Å²) in [6.45, 7) is -4.34. The van der Waals surface area contributed by atoms with E-state index in [1.165, 1.54) is 18.1 Å². The summed E-state index contributed by atoms with van der Waals surface area (Å²) in [6.07, 6.45) is -3.39. The minimum absolute atomic E-state index is 0.0447. The van der Waals surface area contributed by atoms with E-state index in [0.29, 0.717) is 0 Å². The van der Waals surface area contributed by atoms with E-state index >= 15 is 4.39 Å². The molecular formula is C19H23FN11O6PS2. The molecule has 8 atom stereocenters. The quantitative estimate of drug-likeness (QED) is 0.134. The Morgan fingerprint density at radius 2 is 2.10 bits per heavy atom. The van der Waals surface area contributed by atoms with Crippen molar-refractivity contribution in [2.45, 2.75) is 47.3 Å². The number of hydrogen-bond donors (Lipinski definition) is 6. The fourth-order valence-corrected chi connectivity index (χ4v) is 9.57. The number of rotatable bonds is 7. The van der Waals surface area contributed by atoms with Crippen LogP contribution in [0.3, 0.4) is 0 Å². The van der Waals surface area contributed by atoms with Crippen LogP contribution in [0.4, 0.5) is 16.2 Å². The van der Waals surface area contributed by atoms with E-state index in [1.54, 1.807) is 4.57 Å². The third-order valence-electron chi connectivity index (χ3n) is 6.76. The zero-order valence-electron chi connectivity index (χ0n) is 20.3. The van der Waals surface area contributed by atoms with E-state index in [4.69, 9.17) is 32.5 Å². The van der Waals surface area contributed by atoms with Crippen molar-refractivity contribution in [3.63, 3.8) is 0 Å². The predicted molar refractivity (Wildman–Crippen MR) is 143 cm³/mol. The maximum atomic E-state index is 15.1. The molecule has 0 bridgehead atoms. The van der Waals surface area contributed by atoms with Crippen LogP contribution in [0.25, 0.3) is 22.3 Å². The van der Waals surface area contributed by atoms with E-state index in [-0.39, 0.29) is 52.4 Å². The van der Waals surface area contributed by atoms with Crippen molar-refractivity contribution in [1.82, 2.24) is 44.5 Å². The lowest BCUT2D eigenvalue weighted by molar-refractivity contribution is -0.0469. The number of hydrogen-bond acceptors (Lipinski definition) is 15. The summed E-state index contributed by atoms with van der Waals surface area (Å²) in [5, 5.41) is 27.2. The zero-order valence-corrected chi connectivity index (χ0v) is 22.8. The summed E-state index contributed by atoms with van der Waals surface area (Å²) in [5.74, 6) is -0.0707. The van der Waals surface area contributed by atoms with Gasteiger partial charge in [0, 0.05) is 5.25 Å². The topological polar surface area (TPSA) is 251 Å². The van der Waals surface area contributed by atoms with Gasteiger partial charge in [0.1, 0.15) is 18.5 Å². The average Bonchev–Trinajstić information content (AvgIpc) is 3.69. The van der Waals surface area contributed by atoms with Crippen LogP contribution in [-0.4, -0.2) is 102 Å². The van der Waals surface area contributed by atoms with Gasteiger partial charge in [-0.3, -0.25) is 9.78 Å². The monoisotopic (exact) mass is 615 g/mol. The van der Waals surface area contributed by atoms with Crippen LogP contribution >= 0.6 is 18.3 Å². The van der Waals surface area contributed by atoms with Crippen LogP contribution in [0.15, 0.2) is 17.4 Å². The van der Waals surface area contributed by atoms with Crippen molar-refractivity contribution in [3.05, 3.63) is 23.0 Å². The second kappa shape index (κ2) is 10.2. The van der Waals surface area contributed by atoms with Crippen LogP contribution < -0.4 is 17.0 Å². The number of imidazole rings is 1. The smallest absolute Gasteiger partial charge is 0.280 e. The largest absolute Gasteiger partial charge is 0.395 e. The summed E-state index contributed by atoms with van der Waals surface area (Å²) < 4.78 is 29.2. The first kappa shape index (κ1) is 27.3. The molecule has 214 valence electrons. The van der Waals surface area contributed by atoms with Crippen molar-refractivity contribution in [2.75, 3.05) is 24.7 Å². The molecule has 0 spiro atoms. The van der Waals surface area contributed by atoms with Gasteiger partial charge in [-0.2, -0.15) is 9.67 Å². The van der Waals surface area contributed by atoms with Crippen LogP contribution in [0.1, 0.15) is 18.0 Å². The Morgan fingerprint density at radius 3 is 2.88 bits per heavy atom. The maximum Gasteiger partial charge on any atom is 0.280 e. The number of fused-ring (bicyclic) bond motifs is 2. The molecule has 40 heavy (non-hydrogen) atoms. The zero-order chi connectivity index (χ0) is 28.3. The number of nitrogens with zero attached hydrogens (tertiary/aromatic N) is 8. The van der Waals surface area contributed by atoms with Crippen LogP contribution in [0, 0.1) is 0 Å². The molecule has 21 heteroatoms. The standard InChI is InChI=1S/C19H23FN11O6PS2/c20-9-12(33)7(37-17(9)31-14-10(28-29-31)13(21)23-4-24-14)3-36-38(35,39)8-1-6(2-32)40-18(8)30-5-25-11-15(30)26-19(22)27-16(11)34/h4-9,12,17-18,32-33H,1-3H2,(H,35,39)(H2,21,23,24)(H3,22,26,27,34)/t6-,7+,8+,9-,12+,17+,18?,38?/m0/s1. The predicted octanol–water partition coefficient (Wildman–Crippen LogP) is -1.20. The maximum absolute atomic E-state index is 15.1.